The lowest BCUT2D eigenvalue weighted by atomic mass is 9.80. The Morgan fingerprint density at radius 3 is 2.59 bits per heavy atom. The Morgan fingerprint density at radius 1 is 1.41 bits per heavy atom. The summed E-state index contributed by atoms with van der Waals surface area (Å²) < 4.78 is 0. The van der Waals surface area contributed by atoms with Crippen LogP contribution in [0.25, 0.3) is 0 Å². The van der Waals surface area contributed by atoms with Gasteiger partial charge in [-0.3, -0.25) is 4.79 Å². The highest BCUT2D eigenvalue weighted by atomic mass is 35.5. The number of rotatable bonds is 4. The molecule has 3 nitrogen and oxygen atoms in total. The Balaban J connectivity index is 1.87. The number of carbonyl (C=O) groups excluding carboxylic acids is 1. The minimum Gasteiger partial charge on any atom is -0.388 e. The van der Waals surface area contributed by atoms with Crippen LogP contribution in [0.4, 0.5) is 0 Å². The lowest BCUT2D eigenvalue weighted by Crippen LogP contribution is -2.48. The highest BCUT2D eigenvalue weighted by Gasteiger charge is 2.35. The SMILES string of the molecule is O=C(NCC1(O)CCC1)C(Cl)c1ccccc1. The summed E-state index contributed by atoms with van der Waals surface area (Å²) >= 11 is 6.05. The summed E-state index contributed by atoms with van der Waals surface area (Å²) in [5.41, 5.74) is 0.0652. The molecule has 1 amide bonds. The van der Waals surface area contributed by atoms with Crippen LogP contribution in [0.3, 0.4) is 0 Å². The number of alkyl halides is 1. The molecule has 1 aromatic carbocycles. The fraction of sp³-hybridized carbons (Fsp3) is 0.462. The predicted octanol–water partition coefficient (Wildman–Crippen LogP) is 2.00. The van der Waals surface area contributed by atoms with Gasteiger partial charge < -0.3 is 10.4 Å². The Labute approximate surface area is 106 Å². The van der Waals surface area contributed by atoms with E-state index in [9.17, 15) is 9.90 Å². The van der Waals surface area contributed by atoms with Crippen LogP contribution in [0.1, 0.15) is 30.2 Å². The van der Waals surface area contributed by atoms with E-state index in [-0.39, 0.29) is 5.91 Å². The predicted molar refractivity (Wildman–Crippen MR) is 66.8 cm³/mol. The first-order valence-electron chi connectivity index (χ1n) is 5.80. The Morgan fingerprint density at radius 2 is 2.06 bits per heavy atom. The molecule has 1 saturated carbocycles. The molecule has 92 valence electrons. The van der Waals surface area contributed by atoms with Gasteiger partial charge in [0.05, 0.1) is 5.60 Å². The van der Waals surface area contributed by atoms with E-state index in [1.807, 2.05) is 30.3 Å². The number of benzene rings is 1. The third-order valence-corrected chi connectivity index (χ3v) is 3.65. The monoisotopic (exact) mass is 253 g/mol. The molecule has 0 aromatic heterocycles. The molecule has 2 rings (SSSR count). The lowest BCUT2D eigenvalue weighted by molar-refractivity contribution is -0.123. The van der Waals surface area contributed by atoms with Crippen molar-refractivity contribution in [3.05, 3.63) is 35.9 Å². The summed E-state index contributed by atoms with van der Waals surface area (Å²) in [4.78, 5) is 11.8. The fourth-order valence-corrected chi connectivity index (χ4v) is 2.10. The van der Waals surface area contributed by atoms with Crippen LogP contribution in [-0.4, -0.2) is 23.2 Å². The Kier molecular flexibility index (Phi) is 3.69. The van der Waals surface area contributed by atoms with E-state index in [0.717, 1.165) is 24.8 Å². The van der Waals surface area contributed by atoms with Gasteiger partial charge >= 0.3 is 0 Å². The molecule has 1 aliphatic rings. The maximum Gasteiger partial charge on any atom is 0.242 e. The van der Waals surface area contributed by atoms with Crippen LogP contribution >= 0.6 is 11.6 Å². The molecule has 0 aliphatic heterocycles. The molecule has 0 bridgehead atoms. The summed E-state index contributed by atoms with van der Waals surface area (Å²) in [5, 5.41) is 11.9. The third kappa shape index (κ3) is 2.99. The maximum atomic E-state index is 11.8. The molecule has 1 unspecified atom stereocenters. The number of hydrogen-bond acceptors (Lipinski definition) is 2. The average molecular weight is 254 g/mol. The first-order chi connectivity index (χ1) is 8.11. The first-order valence-corrected chi connectivity index (χ1v) is 6.23. The van der Waals surface area contributed by atoms with E-state index in [1.54, 1.807) is 0 Å². The van der Waals surface area contributed by atoms with Crippen molar-refractivity contribution >= 4 is 17.5 Å². The molecule has 1 fully saturated rings. The molecule has 0 saturated heterocycles. The normalized spacial score (nSPS) is 19.2. The second-order valence-electron chi connectivity index (χ2n) is 4.57. The second-order valence-corrected chi connectivity index (χ2v) is 5.01. The summed E-state index contributed by atoms with van der Waals surface area (Å²) in [7, 11) is 0. The fourth-order valence-electron chi connectivity index (χ4n) is 1.88. The van der Waals surface area contributed by atoms with E-state index in [4.69, 9.17) is 11.6 Å². The smallest absolute Gasteiger partial charge is 0.242 e. The molecular weight excluding hydrogens is 238 g/mol. The van der Waals surface area contributed by atoms with Crippen LogP contribution in [-0.2, 0) is 4.79 Å². The van der Waals surface area contributed by atoms with E-state index < -0.39 is 11.0 Å². The molecular formula is C13H16ClNO2. The van der Waals surface area contributed by atoms with Crippen LogP contribution in [0.15, 0.2) is 30.3 Å². The van der Waals surface area contributed by atoms with E-state index in [1.165, 1.54) is 0 Å². The standard InChI is InChI=1S/C13H16ClNO2/c14-11(10-5-2-1-3-6-10)12(16)15-9-13(17)7-4-8-13/h1-3,5-6,11,17H,4,7-9H2,(H,15,16). The number of amides is 1. The molecule has 0 radical (unpaired) electrons. The van der Waals surface area contributed by atoms with Crippen LogP contribution in [0, 0.1) is 0 Å². The average Bonchev–Trinajstić information content (AvgIpc) is 2.33. The van der Waals surface area contributed by atoms with Gasteiger partial charge in [-0.15, -0.1) is 11.6 Å². The second kappa shape index (κ2) is 5.07. The van der Waals surface area contributed by atoms with Gasteiger partial charge in [0.15, 0.2) is 0 Å². The molecule has 17 heavy (non-hydrogen) atoms. The van der Waals surface area contributed by atoms with Gasteiger partial charge in [-0.2, -0.15) is 0 Å². The summed E-state index contributed by atoms with van der Waals surface area (Å²) in [6.07, 6.45) is 2.53. The largest absolute Gasteiger partial charge is 0.388 e. The van der Waals surface area contributed by atoms with Crippen molar-refractivity contribution in [1.29, 1.82) is 0 Å². The van der Waals surface area contributed by atoms with Crippen molar-refractivity contribution < 1.29 is 9.90 Å². The quantitative estimate of drug-likeness (QED) is 0.807. The van der Waals surface area contributed by atoms with Crippen LogP contribution < -0.4 is 5.32 Å². The molecule has 0 spiro atoms. The summed E-state index contributed by atoms with van der Waals surface area (Å²) in [6, 6.07) is 9.20. The lowest BCUT2D eigenvalue weighted by Gasteiger charge is -2.36. The number of aliphatic hydroxyl groups is 1. The van der Waals surface area contributed by atoms with Crippen molar-refractivity contribution in [3.8, 4) is 0 Å². The summed E-state index contributed by atoms with van der Waals surface area (Å²) in [5.74, 6) is -0.252. The molecule has 4 heteroatoms. The number of nitrogens with one attached hydrogen (secondary N) is 1. The van der Waals surface area contributed by atoms with Gasteiger partial charge in [-0.25, -0.2) is 0 Å². The number of hydrogen-bond donors (Lipinski definition) is 2. The van der Waals surface area contributed by atoms with E-state index in [2.05, 4.69) is 5.32 Å². The van der Waals surface area contributed by atoms with Gasteiger partial charge in [0.25, 0.3) is 0 Å². The van der Waals surface area contributed by atoms with Crippen LogP contribution in [0.5, 0.6) is 0 Å². The zero-order valence-electron chi connectivity index (χ0n) is 9.53. The first kappa shape index (κ1) is 12.4. The van der Waals surface area contributed by atoms with Gasteiger partial charge in [-0.05, 0) is 24.8 Å². The maximum absolute atomic E-state index is 11.8. The van der Waals surface area contributed by atoms with Crippen LogP contribution in [0.2, 0.25) is 0 Å². The Bertz CT molecular complexity index is 390. The van der Waals surface area contributed by atoms with Gasteiger partial charge in [0.1, 0.15) is 5.38 Å². The number of halogens is 1. The van der Waals surface area contributed by atoms with E-state index >= 15 is 0 Å². The van der Waals surface area contributed by atoms with Gasteiger partial charge in [0.2, 0.25) is 5.91 Å². The van der Waals surface area contributed by atoms with Crippen molar-refractivity contribution in [1.82, 2.24) is 5.32 Å². The highest BCUT2D eigenvalue weighted by molar-refractivity contribution is 6.30. The topological polar surface area (TPSA) is 49.3 Å². The van der Waals surface area contributed by atoms with Crippen molar-refractivity contribution in [2.45, 2.75) is 30.2 Å². The molecule has 2 N–H and O–H groups in total. The zero-order valence-corrected chi connectivity index (χ0v) is 10.3. The Hall–Kier alpha value is -1.06. The van der Waals surface area contributed by atoms with Crippen molar-refractivity contribution in [2.24, 2.45) is 0 Å². The third-order valence-electron chi connectivity index (χ3n) is 3.20. The van der Waals surface area contributed by atoms with Crippen molar-refractivity contribution in [3.63, 3.8) is 0 Å². The number of carbonyl (C=O) groups is 1. The zero-order chi connectivity index (χ0) is 12.3. The van der Waals surface area contributed by atoms with Gasteiger partial charge in [-0.1, -0.05) is 30.3 Å². The molecule has 1 aromatic rings. The van der Waals surface area contributed by atoms with Gasteiger partial charge in [0, 0.05) is 6.54 Å². The molecule has 1 atom stereocenters. The minimum atomic E-state index is -0.705. The summed E-state index contributed by atoms with van der Waals surface area (Å²) in [6.45, 7) is 0.294. The highest BCUT2D eigenvalue weighted by Crippen LogP contribution is 2.31. The van der Waals surface area contributed by atoms with E-state index in [0.29, 0.717) is 6.54 Å². The molecule has 0 heterocycles. The molecule has 1 aliphatic carbocycles. The minimum absolute atomic E-state index is 0.252. The van der Waals surface area contributed by atoms with Crippen molar-refractivity contribution in [2.75, 3.05) is 6.54 Å².